The van der Waals surface area contributed by atoms with Crippen LogP contribution in [0.1, 0.15) is 54.2 Å². The lowest BCUT2D eigenvalue weighted by atomic mass is 9.89. The summed E-state index contributed by atoms with van der Waals surface area (Å²) < 4.78 is 47.0. The molecule has 3 aromatic rings. The highest BCUT2D eigenvalue weighted by atomic mass is 19.4. The van der Waals surface area contributed by atoms with Gasteiger partial charge in [0.05, 0.1) is 24.1 Å². The van der Waals surface area contributed by atoms with Gasteiger partial charge in [-0.3, -0.25) is 9.78 Å². The van der Waals surface area contributed by atoms with Crippen LogP contribution in [0.2, 0.25) is 0 Å². The van der Waals surface area contributed by atoms with Gasteiger partial charge in [0, 0.05) is 17.2 Å². The van der Waals surface area contributed by atoms with Gasteiger partial charge in [-0.1, -0.05) is 24.3 Å². The van der Waals surface area contributed by atoms with Crippen LogP contribution in [-0.2, 0) is 4.74 Å². The summed E-state index contributed by atoms with van der Waals surface area (Å²) in [6.45, 7) is 5.94. The van der Waals surface area contributed by atoms with Gasteiger partial charge in [0.2, 0.25) is 0 Å². The first-order valence-corrected chi connectivity index (χ1v) is 11.5. The molecule has 5 nitrogen and oxygen atoms in total. The fourth-order valence-corrected chi connectivity index (χ4v) is 4.60. The summed E-state index contributed by atoms with van der Waals surface area (Å²) in [5.74, 6) is -0.261. The van der Waals surface area contributed by atoms with E-state index in [1.165, 1.54) is 24.3 Å². The van der Waals surface area contributed by atoms with Gasteiger partial charge in [-0.15, -0.1) is 13.2 Å². The smallest absolute Gasteiger partial charge is 0.406 e. The lowest BCUT2D eigenvalue weighted by Crippen LogP contribution is -2.28. The quantitative estimate of drug-likeness (QED) is 0.429. The molecule has 1 saturated heterocycles. The highest BCUT2D eigenvalue weighted by Crippen LogP contribution is 2.33. The van der Waals surface area contributed by atoms with E-state index in [-0.39, 0.29) is 23.9 Å². The van der Waals surface area contributed by atoms with Crippen LogP contribution in [0.25, 0.3) is 11.1 Å². The van der Waals surface area contributed by atoms with Crippen molar-refractivity contribution in [2.75, 3.05) is 5.32 Å². The molecule has 35 heavy (non-hydrogen) atoms. The molecule has 1 fully saturated rings. The van der Waals surface area contributed by atoms with E-state index in [1.54, 1.807) is 25.3 Å². The van der Waals surface area contributed by atoms with Gasteiger partial charge in [-0.2, -0.15) is 0 Å². The topological polar surface area (TPSA) is 60.5 Å². The summed E-state index contributed by atoms with van der Waals surface area (Å²) in [5.41, 5.74) is 4.18. The largest absolute Gasteiger partial charge is 0.573 e. The minimum Gasteiger partial charge on any atom is -0.406 e. The SMILES string of the molecule is Cc1c(C(=O)Nc2ccc(C3C[C@@H](C)O[C@@H](C)C3)nc2)cccc1-c1ccc(OC(F)(F)F)cc1. The van der Waals surface area contributed by atoms with E-state index >= 15 is 0 Å². The van der Waals surface area contributed by atoms with Crippen LogP contribution < -0.4 is 10.1 Å². The molecule has 1 N–H and O–H groups in total. The van der Waals surface area contributed by atoms with E-state index in [0.29, 0.717) is 28.3 Å². The summed E-state index contributed by atoms with van der Waals surface area (Å²) in [5, 5.41) is 2.89. The van der Waals surface area contributed by atoms with Gasteiger partial charge < -0.3 is 14.8 Å². The third kappa shape index (κ3) is 6.19. The Labute approximate surface area is 202 Å². The van der Waals surface area contributed by atoms with Crippen molar-refractivity contribution in [3.63, 3.8) is 0 Å². The zero-order valence-corrected chi connectivity index (χ0v) is 19.7. The maximum absolute atomic E-state index is 13.0. The minimum absolute atomic E-state index is 0.188. The van der Waals surface area contributed by atoms with Crippen molar-refractivity contribution >= 4 is 11.6 Å². The molecular weight excluding hydrogens is 457 g/mol. The summed E-state index contributed by atoms with van der Waals surface area (Å²) in [6, 6.07) is 14.6. The van der Waals surface area contributed by atoms with Crippen molar-refractivity contribution in [2.24, 2.45) is 0 Å². The fourth-order valence-electron chi connectivity index (χ4n) is 4.60. The Morgan fingerprint density at radius 2 is 1.71 bits per heavy atom. The molecule has 184 valence electrons. The highest BCUT2D eigenvalue weighted by Gasteiger charge is 2.31. The molecule has 0 spiro atoms. The van der Waals surface area contributed by atoms with Crippen LogP contribution >= 0.6 is 0 Å². The van der Waals surface area contributed by atoms with Crippen LogP contribution in [-0.4, -0.2) is 29.5 Å². The first-order valence-electron chi connectivity index (χ1n) is 11.5. The molecule has 3 atom stereocenters. The third-order valence-electron chi connectivity index (χ3n) is 6.14. The Bertz CT molecular complexity index is 1170. The Hall–Kier alpha value is -3.39. The molecule has 0 saturated carbocycles. The van der Waals surface area contributed by atoms with Crippen molar-refractivity contribution in [1.82, 2.24) is 4.98 Å². The fraction of sp³-hybridized carbons (Fsp3) is 0.333. The molecule has 4 rings (SSSR count). The molecule has 8 heteroatoms. The van der Waals surface area contributed by atoms with Crippen molar-refractivity contribution in [3.8, 4) is 16.9 Å². The van der Waals surface area contributed by atoms with Gasteiger partial charge in [-0.25, -0.2) is 0 Å². The molecule has 1 aliphatic rings. The number of anilines is 1. The van der Waals surface area contributed by atoms with Crippen molar-refractivity contribution in [3.05, 3.63) is 77.6 Å². The molecule has 0 aliphatic carbocycles. The van der Waals surface area contributed by atoms with E-state index in [0.717, 1.165) is 24.1 Å². The third-order valence-corrected chi connectivity index (χ3v) is 6.14. The standard InChI is InChI=1S/C27H27F3N2O3/c1-16-13-20(14-17(2)34-16)25-12-9-21(15-31-25)32-26(33)24-6-4-5-23(18(24)3)19-7-10-22(11-8-19)35-27(28,29)30/h4-12,15-17,20H,13-14H2,1-3H3,(H,32,33)/t16-,17+,20?. The predicted octanol–water partition coefficient (Wildman–Crippen LogP) is 6.88. The molecule has 1 aromatic heterocycles. The first kappa shape index (κ1) is 24.7. The highest BCUT2D eigenvalue weighted by molar-refractivity contribution is 6.06. The maximum Gasteiger partial charge on any atom is 0.573 e. The second kappa shape index (κ2) is 10.1. The molecule has 2 heterocycles. The van der Waals surface area contributed by atoms with Gasteiger partial charge in [0.1, 0.15) is 5.75 Å². The van der Waals surface area contributed by atoms with Crippen molar-refractivity contribution in [1.29, 1.82) is 0 Å². The number of alkyl halides is 3. The number of ether oxygens (including phenoxy) is 2. The summed E-state index contributed by atoms with van der Waals surface area (Å²) in [6.07, 6.45) is -0.876. The molecule has 2 aromatic carbocycles. The number of carbonyl (C=O) groups is 1. The molecule has 1 aliphatic heterocycles. The van der Waals surface area contributed by atoms with Gasteiger partial charge in [-0.05, 0) is 80.6 Å². The molecule has 0 radical (unpaired) electrons. The second-order valence-corrected chi connectivity index (χ2v) is 8.90. The number of halogens is 3. The van der Waals surface area contributed by atoms with Crippen molar-refractivity contribution < 1.29 is 27.4 Å². The number of hydrogen-bond acceptors (Lipinski definition) is 4. The number of aromatic nitrogens is 1. The average molecular weight is 485 g/mol. The average Bonchev–Trinajstić information content (AvgIpc) is 2.79. The zero-order chi connectivity index (χ0) is 25.2. The van der Waals surface area contributed by atoms with Gasteiger partial charge in [0.25, 0.3) is 5.91 Å². The number of carbonyl (C=O) groups excluding carboxylic acids is 1. The predicted molar refractivity (Wildman–Crippen MR) is 127 cm³/mol. The maximum atomic E-state index is 13.0. The number of nitrogens with zero attached hydrogens (tertiary/aromatic N) is 1. The monoisotopic (exact) mass is 484 g/mol. The van der Waals surface area contributed by atoms with Gasteiger partial charge in [0.15, 0.2) is 0 Å². The van der Waals surface area contributed by atoms with E-state index in [4.69, 9.17) is 4.74 Å². The summed E-state index contributed by atoms with van der Waals surface area (Å²) in [7, 11) is 0. The zero-order valence-electron chi connectivity index (χ0n) is 19.7. The Kier molecular flexibility index (Phi) is 7.12. The van der Waals surface area contributed by atoms with E-state index in [2.05, 4.69) is 28.9 Å². The molecular formula is C27H27F3N2O3. The number of hydrogen-bond donors (Lipinski definition) is 1. The van der Waals surface area contributed by atoms with Crippen LogP contribution in [0.5, 0.6) is 5.75 Å². The lowest BCUT2D eigenvalue weighted by molar-refractivity contribution is -0.274. The van der Waals surface area contributed by atoms with E-state index in [9.17, 15) is 18.0 Å². The number of pyridine rings is 1. The number of rotatable bonds is 5. The van der Waals surface area contributed by atoms with Gasteiger partial charge >= 0.3 is 6.36 Å². The number of nitrogens with one attached hydrogen (secondary N) is 1. The van der Waals surface area contributed by atoms with Crippen LogP contribution in [0.3, 0.4) is 0 Å². The first-order chi connectivity index (χ1) is 16.6. The van der Waals surface area contributed by atoms with E-state index < -0.39 is 6.36 Å². The molecule has 1 amide bonds. The Balaban J connectivity index is 1.47. The Morgan fingerprint density at radius 1 is 1.03 bits per heavy atom. The second-order valence-electron chi connectivity index (χ2n) is 8.90. The molecule has 0 bridgehead atoms. The number of benzene rings is 2. The number of amides is 1. The normalized spacial score (nSPS) is 20.3. The van der Waals surface area contributed by atoms with Crippen molar-refractivity contribution in [2.45, 2.75) is 58.1 Å². The molecule has 1 unspecified atom stereocenters. The van der Waals surface area contributed by atoms with E-state index in [1.807, 2.05) is 18.2 Å². The summed E-state index contributed by atoms with van der Waals surface area (Å²) >= 11 is 0. The summed E-state index contributed by atoms with van der Waals surface area (Å²) in [4.78, 5) is 17.6. The lowest BCUT2D eigenvalue weighted by Gasteiger charge is -2.31. The van der Waals surface area contributed by atoms with Crippen LogP contribution in [0, 0.1) is 6.92 Å². The minimum atomic E-state index is -4.75. The van der Waals surface area contributed by atoms with Crippen LogP contribution in [0.4, 0.5) is 18.9 Å². The Morgan fingerprint density at radius 3 is 2.31 bits per heavy atom. The van der Waals surface area contributed by atoms with Crippen LogP contribution in [0.15, 0.2) is 60.8 Å².